The number of nitrogens with zero attached hydrogens (tertiary/aromatic N) is 1. The summed E-state index contributed by atoms with van der Waals surface area (Å²) in [6.07, 6.45) is 0. The molecule has 2 aromatic carbocycles. The minimum atomic E-state index is -0.329. The standard InChI is InChI=1S/C18H21FN2/c19-14-18(21-12-10-20-11-13-21)17-8-6-16(7-9-17)15-4-2-1-3-5-15/h1-9,18,20H,10-14H2/t18-/m0/s1. The van der Waals surface area contributed by atoms with Crippen LogP contribution in [0.5, 0.6) is 0 Å². The smallest absolute Gasteiger partial charge is 0.109 e. The van der Waals surface area contributed by atoms with Gasteiger partial charge in [-0.15, -0.1) is 0 Å². The molecule has 0 unspecified atom stereocenters. The third kappa shape index (κ3) is 3.31. The monoisotopic (exact) mass is 284 g/mol. The minimum absolute atomic E-state index is 0.114. The predicted molar refractivity (Wildman–Crippen MR) is 85.0 cm³/mol. The van der Waals surface area contributed by atoms with E-state index in [1.807, 2.05) is 18.2 Å². The van der Waals surface area contributed by atoms with E-state index in [2.05, 4.69) is 46.6 Å². The molecule has 0 radical (unpaired) electrons. The van der Waals surface area contributed by atoms with Gasteiger partial charge in [0.25, 0.3) is 0 Å². The largest absolute Gasteiger partial charge is 0.314 e. The first kappa shape index (κ1) is 14.2. The van der Waals surface area contributed by atoms with Gasteiger partial charge in [0.2, 0.25) is 0 Å². The maximum atomic E-state index is 13.5. The molecule has 0 bridgehead atoms. The van der Waals surface area contributed by atoms with E-state index < -0.39 is 0 Å². The third-order valence-corrected chi connectivity index (χ3v) is 4.14. The third-order valence-electron chi connectivity index (χ3n) is 4.14. The van der Waals surface area contributed by atoms with Crippen LogP contribution in [0.1, 0.15) is 11.6 Å². The molecule has 0 spiro atoms. The van der Waals surface area contributed by atoms with Crippen molar-refractivity contribution in [2.24, 2.45) is 0 Å². The lowest BCUT2D eigenvalue weighted by Gasteiger charge is -2.33. The van der Waals surface area contributed by atoms with Crippen LogP contribution in [0.4, 0.5) is 4.39 Å². The first-order valence-corrected chi connectivity index (χ1v) is 7.54. The van der Waals surface area contributed by atoms with Gasteiger partial charge in [0, 0.05) is 26.2 Å². The normalized spacial score (nSPS) is 17.6. The van der Waals surface area contributed by atoms with E-state index in [1.54, 1.807) is 0 Å². The molecule has 1 atom stereocenters. The van der Waals surface area contributed by atoms with Crippen LogP contribution in [0.2, 0.25) is 0 Å². The quantitative estimate of drug-likeness (QED) is 0.927. The summed E-state index contributed by atoms with van der Waals surface area (Å²) in [5, 5.41) is 3.31. The van der Waals surface area contributed by atoms with Crippen molar-refractivity contribution in [2.45, 2.75) is 6.04 Å². The molecular formula is C18H21FN2. The Morgan fingerprint density at radius 2 is 1.52 bits per heavy atom. The molecule has 0 aromatic heterocycles. The highest BCUT2D eigenvalue weighted by Crippen LogP contribution is 2.25. The molecule has 1 aliphatic rings. The highest BCUT2D eigenvalue weighted by molar-refractivity contribution is 5.63. The van der Waals surface area contributed by atoms with Crippen LogP contribution in [0.3, 0.4) is 0 Å². The summed E-state index contributed by atoms with van der Waals surface area (Å²) in [5.74, 6) is 0. The van der Waals surface area contributed by atoms with Crippen molar-refractivity contribution in [3.8, 4) is 11.1 Å². The van der Waals surface area contributed by atoms with E-state index in [4.69, 9.17) is 0 Å². The molecule has 1 saturated heterocycles. The van der Waals surface area contributed by atoms with Crippen molar-refractivity contribution in [3.05, 3.63) is 60.2 Å². The molecule has 110 valence electrons. The summed E-state index contributed by atoms with van der Waals surface area (Å²) in [6, 6.07) is 18.5. The highest BCUT2D eigenvalue weighted by atomic mass is 19.1. The van der Waals surface area contributed by atoms with Crippen LogP contribution < -0.4 is 5.32 Å². The van der Waals surface area contributed by atoms with E-state index in [0.29, 0.717) is 0 Å². The number of benzene rings is 2. The predicted octanol–water partition coefficient (Wildman–Crippen LogP) is 3.27. The molecule has 3 rings (SSSR count). The number of piperazine rings is 1. The Kier molecular flexibility index (Phi) is 4.63. The van der Waals surface area contributed by atoms with Crippen molar-refractivity contribution in [2.75, 3.05) is 32.9 Å². The minimum Gasteiger partial charge on any atom is -0.314 e. The fraction of sp³-hybridized carbons (Fsp3) is 0.333. The summed E-state index contributed by atoms with van der Waals surface area (Å²) in [4.78, 5) is 2.23. The van der Waals surface area contributed by atoms with Crippen LogP contribution in [-0.4, -0.2) is 37.8 Å². The van der Waals surface area contributed by atoms with Gasteiger partial charge in [0.1, 0.15) is 6.67 Å². The van der Waals surface area contributed by atoms with Crippen LogP contribution in [0, 0.1) is 0 Å². The molecule has 3 heteroatoms. The van der Waals surface area contributed by atoms with E-state index in [0.717, 1.165) is 31.7 Å². The van der Waals surface area contributed by atoms with Gasteiger partial charge < -0.3 is 5.32 Å². The van der Waals surface area contributed by atoms with Crippen LogP contribution in [-0.2, 0) is 0 Å². The Morgan fingerprint density at radius 1 is 0.905 bits per heavy atom. The number of nitrogens with one attached hydrogen (secondary N) is 1. The van der Waals surface area contributed by atoms with Crippen LogP contribution in [0.25, 0.3) is 11.1 Å². The molecule has 1 fully saturated rings. The van der Waals surface area contributed by atoms with Gasteiger partial charge in [-0.3, -0.25) is 4.90 Å². The van der Waals surface area contributed by atoms with Gasteiger partial charge in [0.15, 0.2) is 0 Å². The van der Waals surface area contributed by atoms with E-state index in [1.165, 1.54) is 11.1 Å². The molecule has 1 heterocycles. The zero-order chi connectivity index (χ0) is 14.5. The molecule has 2 nitrogen and oxygen atoms in total. The van der Waals surface area contributed by atoms with Crippen molar-refractivity contribution in [1.82, 2.24) is 10.2 Å². The van der Waals surface area contributed by atoms with Crippen LogP contribution in [0.15, 0.2) is 54.6 Å². The fourth-order valence-corrected chi connectivity index (χ4v) is 2.92. The maximum absolute atomic E-state index is 13.5. The van der Waals surface area contributed by atoms with E-state index in [-0.39, 0.29) is 12.7 Å². The fourth-order valence-electron chi connectivity index (χ4n) is 2.92. The second kappa shape index (κ2) is 6.83. The molecule has 21 heavy (non-hydrogen) atoms. The average Bonchev–Trinajstić information content (AvgIpc) is 2.58. The first-order chi connectivity index (χ1) is 10.4. The second-order valence-corrected chi connectivity index (χ2v) is 5.44. The molecule has 2 aromatic rings. The summed E-state index contributed by atoms with van der Waals surface area (Å²) >= 11 is 0. The van der Waals surface area contributed by atoms with Gasteiger partial charge in [-0.1, -0.05) is 54.6 Å². The van der Waals surface area contributed by atoms with E-state index >= 15 is 0 Å². The molecule has 1 aliphatic heterocycles. The molecule has 1 N–H and O–H groups in total. The lowest BCUT2D eigenvalue weighted by Crippen LogP contribution is -2.45. The Labute approximate surface area is 125 Å². The van der Waals surface area contributed by atoms with Gasteiger partial charge in [-0.25, -0.2) is 4.39 Å². The number of hydrogen-bond acceptors (Lipinski definition) is 2. The van der Waals surface area contributed by atoms with Crippen molar-refractivity contribution in [1.29, 1.82) is 0 Å². The lowest BCUT2D eigenvalue weighted by molar-refractivity contribution is 0.147. The average molecular weight is 284 g/mol. The molecule has 0 aliphatic carbocycles. The molecule has 0 amide bonds. The Morgan fingerprint density at radius 3 is 2.14 bits per heavy atom. The summed E-state index contributed by atoms with van der Waals surface area (Å²) < 4.78 is 13.5. The number of alkyl halides is 1. The Hall–Kier alpha value is -1.71. The first-order valence-electron chi connectivity index (χ1n) is 7.54. The lowest BCUT2D eigenvalue weighted by atomic mass is 10.00. The van der Waals surface area contributed by atoms with Gasteiger partial charge in [-0.05, 0) is 16.7 Å². The number of halogens is 1. The topological polar surface area (TPSA) is 15.3 Å². The Bertz CT molecular complexity index is 547. The zero-order valence-corrected chi connectivity index (χ0v) is 12.1. The summed E-state index contributed by atoms with van der Waals surface area (Å²) in [5.41, 5.74) is 3.44. The zero-order valence-electron chi connectivity index (χ0n) is 12.1. The summed E-state index contributed by atoms with van der Waals surface area (Å²) in [7, 11) is 0. The second-order valence-electron chi connectivity index (χ2n) is 5.44. The molecule has 0 saturated carbocycles. The van der Waals surface area contributed by atoms with Crippen molar-refractivity contribution in [3.63, 3.8) is 0 Å². The number of hydrogen-bond donors (Lipinski definition) is 1. The van der Waals surface area contributed by atoms with Crippen molar-refractivity contribution >= 4 is 0 Å². The van der Waals surface area contributed by atoms with Gasteiger partial charge >= 0.3 is 0 Å². The van der Waals surface area contributed by atoms with Gasteiger partial charge in [0.05, 0.1) is 6.04 Å². The number of rotatable bonds is 4. The maximum Gasteiger partial charge on any atom is 0.109 e. The highest BCUT2D eigenvalue weighted by Gasteiger charge is 2.21. The van der Waals surface area contributed by atoms with E-state index in [9.17, 15) is 4.39 Å². The van der Waals surface area contributed by atoms with Crippen molar-refractivity contribution < 1.29 is 4.39 Å². The SMILES string of the molecule is FC[C@@H](c1ccc(-c2ccccc2)cc1)N1CCNCC1. The summed E-state index contributed by atoms with van der Waals surface area (Å²) in [6.45, 7) is 3.38. The molecular weight excluding hydrogens is 263 g/mol. The Balaban J connectivity index is 1.79. The van der Waals surface area contributed by atoms with Gasteiger partial charge in [-0.2, -0.15) is 0 Å². The van der Waals surface area contributed by atoms with Crippen LogP contribution >= 0.6 is 0 Å².